The van der Waals surface area contributed by atoms with E-state index in [-0.39, 0.29) is 5.91 Å². The summed E-state index contributed by atoms with van der Waals surface area (Å²) in [4.78, 5) is 15.0. The molecule has 0 saturated carbocycles. The average molecular weight is 258 g/mol. The van der Waals surface area contributed by atoms with E-state index in [0.29, 0.717) is 0 Å². The molecule has 19 heavy (non-hydrogen) atoms. The summed E-state index contributed by atoms with van der Waals surface area (Å²) < 4.78 is 2.10. The Morgan fingerprint density at radius 2 is 1.95 bits per heavy atom. The number of anilines is 2. The lowest BCUT2D eigenvalue weighted by atomic mass is 10.2. The number of hydrogen-bond donors (Lipinski definition) is 2. The lowest BCUT2D eigenvalue weighted by molar-refractivity contribution is -0.114. The van der Waals surface area contributed by atoms with E-state index in [1.54, 1.807) is 0 Å². The zero-order chi connectivity index (χ0) is 13.7. The molecule has 1 heterocycles. The van der Waals surface area contributed by atoms with E-state index in [2.05, 4.69) is 27.1 Å². The van der Waals surface area contributed by atoms with Gasteiger partial charge in [0.15, 0.2) is 0 Å². The van der Waals surface area contributed by atoms with Crippen LogP contribution in [0.25, 0.3) is 0 Å². The summed E-state index contributed by atoms with van der Waals surface area (Å²) in [5.74, 6) is -0.0624. The molecule has 0 spiro atoms. The summed E-state index contributed by atoms with van der Waals surface area (Å²) in [6, 6.07) is 7.64. The molecule has 1 aromatic carbocycles. The number of rotatable bonds is 5. The second kappa shape index (κ2) is 6.04. The molecule has 2 N–H and O–H groups in total. The van der Waals surface area contributed by atoms with Crippen LogP contribution >= 0.6 is 0 Å². The molecule has 1 aromatic heterocycles. The minimum Gasteiger partial charge on any atom is -0.379 e. The van der Waals surface area contributed by atoms with Gasteiger partial charge in [-0.2, -0.15) is 0 Å². The molecule has 2 aromatic rings. The van der Waals surface area contributed by atoms with Crippen LogP contribution in [0.3, 0.4) is 0 Å². The standard InChI is InChI=1S/C14H18N4O/c1-3-18-10-15-8-14(18)9-16-12-4-6-13(7-5-12)17-11(2)19/h4-8,10,16H,3,9H2,1-2H3,(H,17,19). The van der Waals surface area contributed by atoms with Crippen molar-refractivity contribution in [1.82, 2.24) is 9.55 Å². The van der Waals surface area contributed by atoms with Crippen molar-refractivity contribution in [3.63, 3.8) is 0 Å². The van der Waals surface area contributed by atoms with E-state index >= 15 is 0 Å². The largest absolute Gasteiger partial charge is 0.379 e. The molecule has 5 heteroatoms. The Labute approximate surface area is 112 Å². The lowest BCUT2D eigenvalue weighted by Crippen LogP contribution is -2.07. The fraction of sp³-hybridized carbons (Fsp3) is 0.286. The van der Waals surface area contributed by atoms with E-state index in [1.165, 1.54) is 6.92 Å². The van der Waals surface area contributed by atoms with Crippen LogP contribution in [0, 0.1) is 0 Å². The highest BCUT2D eigenvalue weighted by Crippen LogP contribution is 2.14. The number of amides is 1. The number of aromatic nitrogens is 2. The maximum absolute atomic E-state index is 10.9. The first-order valence-corrected chi connectivity index (χ1v) is 6.29. The average Bonchev–Trinajstić information content (AvgIpc) is 2.84. The van der Waals surface area contributed by atoms with Gasteiger partial charge in [0.2, 0.25) is 5.91 Å². The minimum atomic E-state index is -0.0624. The Bertz CT molecular complexity index is 545. The number of carbonyl (C=O) groups is 1. The van der Waals surface area contributed by atoms with Crippen LogP contribution in [0.4, 0.5) is 11.4 Å². The third-order valence-electron chi connectivity index (χ3n) is 2.82. The summed E-state index contributed by atoms with van der Waals surface area (Å²) in [5, 5.41) is 6.07. The van der Waals surface area contributed by atoms with E-state index in [1.807, 2.05) is 36.8 Å². The Kier molecular flexibility index (Phi) is 4.18. The predicted octanol–water partition coefficient (Wildman–Crippen LogP) is 2.47. The zero-order valence-electron chi connectivity index (χ0n) is 11.2. The van der Waals surface area contributed by atoms with Gasteiger partial charge in [-0.3, -0.25) is 4.79 Å². The monoisotopic (exact) mass is 258 g/mol. The molecule has 100 valence electrons. The second-order valence-corrected chi connectivity index (χ2v) is 4.28. The van der Waals surface area contributed by atoms with E-state index in [0.717, 1.165) is 30.2 Å². The third kappa shape index (κ3) is 3.58. The van der Waals surface area contributed by atoms with Crippen LogP contribution in [-0.4, -0.2) is 15.5 Å². The highest BCUT2D eigenvalue weighted by Gasteiger charge is 2.00. The molecule has 0 saturated heterocycles. The van der Waals surface area contributed by atoms with E-state index in [9.17, 15) is 4.79 Å². The molecule has 0 atom stereocenters. The normalized spacial score (nSPS) is 10.2. The van der Waals surface area contributed by atoms with Crippen molar-refractivity contribution in [1.29, 1.82) is 0 Å². The minimum absolute atomic E-state index is 0.0624. The molecule has 0 radical (unpaired) electrons. The van der Waals surface area contributed by atoms with Crippen LogP contribution in [0.15, 0.2) is 36.8 Å². The van der Waals surface area contributed by atoms with Gasteiger partial charge < -0.3 is 15.2 Å². The molecular formula is C14H18N4O. The van der Waals surface area contributed by atoms with Gasteiger partial charge in [-0.25, -0.2) is 4.98 Å². The number of nitrogens with one attached hydrogen (secondary N) is 2. The number of carbonyl (C=O) groups excluding carboxylic acids is 1. The first-order chi connectivity index (χ1) is 9.19. The summed E-state index contributed by atoms with van der Waals surface area (Å²) in [7, 11) is 0. The van der Waals surface area contributed by atoms with Gasteiger partial charge in [0.1, 0.15) is 0 Å². The smallest absolute Gasteiger partial charge is 0.221 e. The van der Waals surface area contributed by atoms with Crippen LogP contribution in [0.5, 0.6) is 0 Å². The highest BCUT2D eigenvalue weighted by atomic mass is 16.1. The van der Waals surface area contributed by atoms with Gasteiger partial charge in [0.25, 0.3) is 0 Å². The Morgan fingerprint density at radius 3 is 2.58 bits per heavy atom. The highest BCUT2D eigenvalue weighted by molar-refractivity contribution is 5.88. The second-order valence-electron chi connectivity index (χ2n) is 4.28. The van der Waals surface area contributed by atoms with E-state index in [4.69, 9.17) is 0 Å². The maximum atomic E-state index is 10.9. The molecule has 0 unspecified atom stereocenters. The number of benzene rings is 1. The molecule has 0 aliphatic heterocycles. The van der Waals surface area contributed by atoms with Crippen molar-refractivity contribution in [2.75, 3.05) is 10.6 Å². The van der Waals surface area contributed by atoms with Gasteiger partial charge >= 0.3 is 0 Å². The van der Waals surface area contributed by atoms with Crippen LogP contribution in [0.1, 0.15) is 19.5 Å². The summed E-state index contributed by atoms with van der Waals surface area (Å²) in [6.45, 7) is 5.23. The van der Waals surface area contributed by atoms with Gasteiger partial charge in [-0.05, 0) is 31.2 Å². The first kappa shape index (κ1) is 13.1. The van der Waals surface area contributed by atoms with Crippen molar-refractivity contribution >= 4 is 17.3 Å². The SMILES string of the molecule is CCn1cncc1CNc1ccc(NC(C)=O)cc1. The van der Waals surface area contributed by atoms with Crippen LogP contribution < -0.4 is 10.6 Å². The van der Waals surface area contributed by atoms with Crippen LogP contribution in [0.2, 0.25) is 0 Å². The topological polar surface area (TPSA) is 59.0 Å². The zero-order valence-corrected chi connectivity index (χ0v) is 11.2. The fourth-order valence-electron chi connectivity index (χ4n) is 1.85. The summed E-state index contributed by atoms with van der Waals surface area (Å²) in [6.07, 6.45) is 3.69. The Balaban J connectivity index is 1.94. The van der Waals surface area contributed by atoms with E-state index < -0.39 is 0 Å². The molecule has 5 nitrogen and oxygen atoms in total. The van der Waals surface area contributed by atoms with Crippen molar-refractivity contribution in [3.8, 4) is 0 Å². The van der Waals surface area contributed by atoms with Gasteiger partial charge in [0.05, 0.1) is 18.6 Å². The fourth-order valence-corrected chi connectivity index (χ4v) is 1.85. The quantitative estimate of drug-likeness (QED) is 0.866. The maximum Gasteiger partial charge on any atom is 0.221 e. The van der Waals surface area contributed by atoms with Gasteiger partial charge in [0, 0.05) is 31.0 Å². The van der Waals surface area contributed by atoms with Gasteiger partial charge in [-0.15, -0.1) is 0 Å². The Morgan fingerprint density at radius 1 is 1.26 bits per heavy atom. The number of imidazole rings is 1. The summed E-state index contributed by atoms with van der Waals surface area (Å²) >= 11 is 0. The van der Waals surface area contributed by atoms with Crippen LogP contribution in [-0.2, 0) is 17.9 Å². The summed E-state index contributed by atoms with van der Waals surface area (Å²) in [5.41, 5.74) is 2.96. The third-order valence-corrected chi connectivity index (χ3v) is 2.82. The van der Waals surface area contributed by atoms with Crippen molar-refractivity contribution in [3.05, 3.63) is 42.5 Å². The molecule has 0 fully saturated rings. The first-order valence-electron chi connectivity index (χ1n) is 6.29. The molecule has 1 amide bonds. The van der Waals surface area contributed by atoms with Crippen molar-refractivity contribution in [2.24, 2.45) is 0 Å². The lowest BCUT2D eigenvalue weighted by Gasteiger charge is -2.09. The van der Waals surface area contributed by atoms with Crippen molar-refractivity contribution < 1.29 is 4.79 Å². The van der Waals surface area contributed by atoms with Crippen molar-refractivity contribution in [2.45, 2.75) is 26.9 Å². The Hall–Kier alpha value is -2.30. The molecule has 0 bridgehead atoms. The number of nitrogens with zero attached hydrogens (tertiary/aromatic N) is 2. The number of hydrogen-bond acceptors (Lipinski definition) is 3. The molecule has 2 rings (SSSR count). The van der Waals surface area contributed by atoms with Gasteiger partial charge in [-0.1, -0.05) is 0 Å². The number of aryl methyl sites for hydroxylation is 1. The molecule has 0 aliphatic rings. The predicted molar refractivity (Wildman–Crippen MR) is 76.0 cm³/mol. The molecule has 0 aliphatic carbocycles. The molecular weight excluding hydrogens is 240 g/mol.